The quantitative estimate of drug-likeness (QED) is 0.863. The summed E-state index contributed by atoms with van der Waals surface area (Å²) in [6.45, 7) is 4.11. The zero-order chi connectivity index (χ0) is 15.5. The fourth-order valence-corrected chi connectivity index (χ4v) is 2.82. The Morgan fingerprint density at radius 3 is 2.77 bits per heavy atom. The fourth-order valence-electron chi connectivity index (χ4n) is 1.99. The zero-order valence-corrected chi connectivity index (χ0v) is 13.1. The maximum absolute atomic E-state index is 12.0. The first kappa shape index (κ1) is 14.5. The van der Waals surface area contributed by atoms with Gasteiger partial charge in [-0.1, -0.05) is 12.1 Å². The molecule has 1 aliphatic heterocycles. The van der Waals surface area contributed by atoms with E-state index in [4.69, 9.17) is 0 Å². The van der Waals surface area contributed by atoms with Crippen LogP contribution in [0.1, 0.15) is 16.8 Å². The number of carbonyl (C=O) groups is 1. The van der Waals surface area contributed by atoms with Gasteiger partial charge in [0.15, 0.2) is 5.17 Å². The number of pyridine rings is 1. The number of benzene rings is 1. The van der Waals surface area contributed by atoms with E-state index in [0.717, 1.165) is 11.4 Å². The molecule has 1 fully saturated rings. The van der Waals surface area contributed by atoms with E-state index in [-0.39, 0.29) is 5.91 Å². The van der Waals surface area contributed by atoms with Crippen molar-refractivity contribution in [3.8, 4) is 0 Å². The minimum absolute atomic E-state index is 0.141. The molecule has 0 atom stereocenters. The predicted octanol–water partition coefficient (Wildman–Crippen LogP) is 3.59. The number of hydrogen-bond donors (Lipinski definition) is 1. The van der Waals surface area contributed by atoms with Gasteiger partial charge in [-0.2, -0.15) is 0 Å². The number of amides is 1. The van der Waals surface area contributed by atoms with Gasteiger partial charge in [0.2, 0.25) is 0 Å². The van der Waals surface area contributed by atoms with Gasteiger partial charge in [0.1, 0.15) is 0 Å². The number of nitrogens with zero attached hydrogens (tertiary/aromatic N) is 2. The van der Waals surface area contributed by atoms with Crippen molar-refractivity contribution in [2.24, 2.45) is 4.99 Å². The van der Waals surface area contributed by atoms with Crippen LogP contribution in [0.2, 0.25) is 0 Å². The summed E-state index contributed by atoms with van der Waals surface area (Å²) >= 11 is 1.33. The highest BCUT2D eigenvalue weighted by atomic mass is 32.2. The molecule has 1 saturated heterocycles. The summed E-state index contributed by atoms with van der Waals surface area (Å²) in [5.74, 6) is -0.141. The maximum atomic E-state index is 12.0. The van der Waals surface area contributed by atoms with Crippen molar-refractivity contribution in [3.63, 3.8) is 0 Å². The third kappa shape index (κ3) is 3.26. The minimum Gasteiger partial charge on any atom is -0.300 e. The molecule has 0 radical (unpaired) electrons. The molecule has 1 amide bonds. The zero-order valence-electron chi connectivity index (χ0n) is 12.3. The van der Waals surface area contributed by atoms with E-state index in [1.165, 1.54) is 22.9 Å². The maximum Gasteiger partial charge on any atom is 0.264 e. The molecule has 1 aliphatic rings. The highest BCUT2D eigenvalue weighted by molar-refractivity contribution is 8.18. The van der Waals surface area contributed by atoms with Crippen molar-refractivity contribution in [2.45, 2.75) is 13.8 Å². The van der Waals surface area contributed by atoms with Crippen molar-refractivity contribution in [1.29, 1.82) is 0 Å². The lowest BCUT2D eigenvalue weighted by Gasteiger charge is -2.01. The number of nitrogens with one attached hydrogen (secondary N) is 1. The second kappa shape index (κ2) is 6.15. The Kier molecular flexibility index (Phi) is 4.06. The Morgan fingerprint density at radius 1 is 1.18 bits per heavy atom. The Morgan fingerprint density at radius 2 is 2.05 bits per heavy atom. The van der Waals surface area contributed by atoms with Crippen molar-refractivity contribution in [1.82, 2.24) is 10.3 Å². The largest absolute Gasteiger partial charge is 0.300 e. The lowest BCUT2D eigenvalue weighted by Crippen LogP contribution is -2.19. The average molecular weight is 309 g/mol. The molecule has 3 rings (SSSR count). The molecule has 4 nitrogen and oxygen atoms in total. The number of carbonyl (C=O) groups excluding carboxylic acids is 1. The molecule has 0 aliphatic carbocycles. The van der Waals surface area contributed by atoms with E-state index < -0.39 is 0 Å². The topological polar surface area (TPSA) is 54.4 Å². The number of aryl methyl sites for hydroxylation is 2. The Hall–Kier alpha value is -2.40. The minimum atomic E-state index is -0.141. The van der Waals surface area contributed by atoms with Crippen LogP contribution in [0, 0.1) is 13.8 Å². The van der Waals surface area contributed by atoms with Crippen LogP contribution in [0.25, 0.3) is 6.08 Å². The normalized spacial score (nSPS) is 18.0. The molecular formula is C17H15N3OS. The monoisotopic (exact) mass is 309 g/mol. The van der Waals surface area contributed by atoms with E-state index in [1.807, 2.05) is 43.3 Å². The van der Waals surface area contributed by atoms with Crippen molar-refractivity contribution >= 4 is 34.6 Å². The third-order valence-electron chi connectivity index (χ3n) is 3.34. The first-order valence-corrected chi connectivity index (χ1v) is 7.71. The van der Waals surface area contributed by atoms with Gasteiger partial charge in [0, 0.05) is 6.20 Å². The van der Waals surface area contributed by atoms with Gasteiger partial charge in [-0.15, -0.1) is 0 Å². The summed E-state index contributed by atoms with van der Waals surface area (Å²) in [6.07, 6.45) is 3.47. The SMILES string of the molecule is Cc1ccc(N=C2NC(=O)/C(=C/c3ccccn3)S2)cc1C. The van der Waals surface area contributed by atoms with Gasteiger partial charge in [-0.3, -0.25) is 9.78 Å². The fraction of sp³-hybridized carbons (Fsp3) is 0.118. The molecule has 22 heavy (non-hydrogen) atoms. The molecule has 1 aromatic carbocycles. The highest BCUT2D eigenvalue weighted by Crippen LogP contribution is 2.28. The third-order valence-corrected chi connectivity index (χ3v) is 4.25. The van der Waals surface area contributed by atoms with Gasteiger partial charge in [0.25, 0.3) is 5.91 Å². The molecule has 2 aromatic rings. The predicted molar refractivity (Wildman–Crippen MR) is 91.0 cm³/mol. The lowest BCUT2D eigenvalue weighted by atomic mass is 10.1. The van der Waals surface area contributed by atoms with E-state index in [2.05, 4.69) is 22.2 Å². The van der Waals surface area contributed by atoms with Gasteiger partial charge in [-0.05, 0) is 67.1 Å². The van der Waals surface area contributed by atoms with Gasteiger partial charge in [0.05, 0.1) is 16.3 Å². The highest BCUT2D eigenvalue weighted by Gasteiger charge is 2.23. The number of rotatable bonds is 2. The Labute approximate surface area is 133 Å². The number of hydrogen-bond acceptors (Lipinski definition) is 4. The van der Waals surface area contributed by atoms with Crippen LogP contribution in [0.3, 0.4) is 0 Å². The van der Waals surface area contributed by atoms with E-state index >= 15 is 0 Å². The van der Waals surface area contributed by atoms with Crippen LogP contribution in [-0.4, -0.2) is 16.1 Å². The van der Waals surface area contributed by atoms with E-state index in [0.29, 0.717) is 10.1 Å². The summed E-state index contributed by atoms with van der Waals surface area (Å²) in [5.41, 5.74) is 4.00. The lowest BCUT2D eigenvalue weighted by molar-refractivity contribution is -0.115. The van der Waals surface area contributed by atoms with Crippen LogP contribution in [0.4, 0.5) is 5.69 Å². The number of amidine groups is 1. The molecule has 0 saturated carbocycles. The van der Waals surface area contributed by atoms with E-state index in [9.17, 15) is 4.79 Å². The molecule has 0 bridgehead atoms. The summed E-state index contributed by atoms with van der Waals surface area (Å²) in [5, 5.41) is 3.38. The first-order valence-electron chi connectivity index (χ1n) is 6.90. The second-order valence-electron chi connectivity index (χ2n) is 5.00. The van der Waals surface area contributed by atoms with Crippen LogP contribution in [0.5, 0.6) is 0 Å². The summed E-state index contributed by atoms with van der Waals surface area (Å²) in [7, 11) is 0. The molecule has 5 heteroatoms. The Balaban J connectivity index is 1.83. The molecule has 110 valence electrons. The van der Waals surface area contributed by atoms with Crippen molar-refractivity contribution in [3.05, 3.63) is 64.3 Å². The van der Waals surface area contributed by atoms with Crippen LogP contribution in [0.15, 0.2) is 52.5 Å². The molecule has 1 N–H and O–H groups in total. The summed E-state index contributed by atoms with van der Waals surface area (Å²) in [4.78, 5) is 21.3. The second-order valence-corrected chi connectivity index (χ2v) is 6.04. The summed E-state index contributed by atoms with van der Waals surface area (Å²) < 4.78 is 0. The molecule has 2 heterocycles. The van der Waals surface area contributed by atoms with Gasteiger partial charge >= 0.3 is 0 Å². The Bertz CT molecular complexity index is 782. The number of aliphatic imine (C=N–C) groups is 1. The number of thioether (sulfide) groups is 1. The van der Waals surface area contributed by atoms with Crippen LogP contribution < -0.4 is 5.32 Å². The average Bonchev–Trinajstić information content (AvgIpc) is 2.84. The first-order chi connectivity index (χ1) is 10.6. The van der Waals surface area contributed by atoms with Gasteiger partial charge in [-0.25, -0.2) is 4.99 Å². The van der Waals surface area contributed by atoms with Crippen LogP contribution in [-0.2, 0) is 4.79 Å². The van der Waals surface area contributed by atoms with Gasteiger partial charge < -0.3 is 5.32 Å². The molecule has 0 spiro atoms. The van der Waals surface area contributed by atoms with Crippen LogP contribution >= 0.6 is 11.8 Å². The van der Waals surface area contributed by atoms with E-state index in [1.54, 1.807) is 12.3 Å². The van der Waals surface area contributed by atoms with Crippen molar-refractivity contribution < 1.29 is 4.79 Å². The molecular weight excluding hydrogens is 294 g/mol. The standard InChI is InChI=1S/C17H15N3OS/c1-11-6-7-14(9-12(11)2)19-17-20-16(21)15(22-17)10-13-5-3-4-8-18-13/h3-10H,1-2H3,(H,19,20,21)/b15-10-. The summed E-state index contributed by atoms with van der Waals surface area (Å²) in [6, 6.07) is 11.6. The van der Waals surface area contributed by atoms with Crippen molar-refractivity contribution in [2.75, 3.05) is 0 Å². The number of aromatic nitrogens is 1. The smallest absolute Gasteiger partial charge is 0.264 e. The molecule has 1 aromatic heterocycles. The molecule has 0 unspecified atom stereocenters.